The van der Waals surface area contributed by atoms with E-state index in [9.17, 15) is 0 Å². The van der Waals surface area contributed by atoms with Crippen LogP contribution >= 0.6 is 11.3 Å². The lowest BCUT2D eigenvalue weighted by Crippen LogP contribution is -1.87. The molecule has 0 saturated heterocycles. The fourth-order valence-corrected chi connectivity index (χ4v) is 4.94. The van der Waals surface area contributed by atoms with Crippen LogP contribution in [0.2, 0.25) is 0 Å². The molecule has 0 unspecified atom stereocenters. The van der Waals surface area contributed by atoms with Crippen molar-refractivity contribution in [1.29, 1.82) is 0 Å². The summed E-state index contributed by atoms with van der Waals surface area (Å²) in [5.74, 6) is 0. The van der Waals surface area contributed by atoms with Crippen LogP contribution in [0.4, 0.5) is 0 Å². The molecule has 0 amide bonds. The second-order valence-corrected chi connectivity index (χ2v) is 8.44. The third-order valence-electron chi connectivity index (χ3n) is 5.39. The van der Waals surface area contributed by atoms with Gasteiger partial charge in [-0.1, -0.05) is 72.8 Å². The maximum Gasteiger partial charge on any atom is 0.124 e. The quantitative estimate of drug-likeness (QED) is 0.304. The Kier molecular flexibility index (Phi) is 4.49. The molecular weight excluding hydrogens is 370 g/mol. The Hall–Kier alpha value is -3.23. The standard InChI is InChI=1S/C27H21NS/c1-18-7-6-8-19(2)26(18)22-13-11-21(12-14-22)25-17-23-15-16-24(28-27(23)29-25)20-9-4-3-5-10-20/h3-17H,1-2H3. The average Bonchev–Trinajstić information content (AvgIpc) is 3.18. The van der Waals surface area contributed by atoms with E-state index < -0.39 is 0 Å². The molecule has 0 bridgehead atoms. The van der Waals surface area contributed by atoms with Crippen LogP contribution in [0.1, 0.15) is 11.1 Å². The topological polar surface area (TPSA) is 12.9 Å². The van der Waals surface area contributed by atoms with Gasteiger partial charge in [-0.3, -0.25) is 0 Å². The summed E-state index contributed by atoms with van der Waals surface area (Å²) in [5.41, 5.74) is 8.66. The molecule has 140 valence electrons. The summed E-state index contributed by atoms with van der Waals surface area (Å²) in [4.78, 5) is 7.24. The van der Waals surface area contributed by atoms with E-state index in [0.717, 1.165) is 16.1 Å². The summed E-state index contributed by atoms with van der Waals surface area (Å²) in [6, 6.07) is 32.3. The molecule has 0 N–H and O–H groups in total. The van der Waals surface area contributed by atoms with Gasteiger partial charge in [-0.25, -0.2) is 4.98 Å². The van der Waals surface area contributed by atoms with Gasteiger partial charge in [0.15, 0.2) is 0 Å². The first-order chi connectivity index (χ1) is 14.2. The van der Waals surface area contributed by atoms with E-state index in [4.69, 9.17) is 4.98 Å². The van der Waals surface area contributed by atoms with Gasteiger partial charge in [0.2, 0.25) is 0 Å². The van der Waals surface area contributed by atoms with Crippen LogP contribution in [0.3, 0.4) is 0 Å². The van der Waals surface area contributed by atoms with Gasteiger partial charge in [-0.05, 0) is 59.9 Å². The number of thiophene rings is 1. The molecule has 0 radical (unpaired) electrons. The molecule has 0 spiro atoms. The molecule has 5 rings (SSSR count). The predicted molar refractivity (Wildman–Crippen MR) is 125 cm³/mol. The second kappa shape index (κ2) is 7.31. The van der Waals surface area contributed by atoms with Gasteiger partial charge < -0.3 is 0 Å². The van der Waals surface area contributed by atoms with Crippen molar-refractivity contribution >= 4 is 21.6 Å². The molecule has 2 heterocycles. The van der Waals surface area contributed by atoms with Gasteiger partial charge in [0.25, 0.3) is 0 Å². The predicted octanol–water partition coefficient (Wildman–Crippen LogP) is 7.91. The number of hydrogen-bond donors (Lipinski definition) is 0. The Balaban J connectivity index is 1.51. The van der Waals surface area contributed by atoms with Gasteiger partial charge in [0, 0.05) is 15.8 Å². The van der Waals surface area contributed by atoms with E-state index in [1.54, 1.807) is 11.3 Å². The number of rotatable bonds is 3. The van der Waals surface area contributed by atoms with Crippen molar-refractivity contribution in [3.8, 4) is 32.8 Å². The molecule has 0 atom stereocenters. The number of aryl methyl sites for hydroxylation is 2. The SMILES string of the molecule is Cc1cccc(C)c1-c1ccc(-c2cc3ccc(-c4ccccc4)nc3s2)cc1. The van der Waals surface area contributed by atoms with E-state index in [1.165, 1.54) is 38.1 Å². The molecule has 0 aliphatic rings. The fourth-order valence-electron chi connectivity index (χ4n) is 3.90. The molecule has 0 aliphatic heterocycles. The molecule has 0 fully saturated rings. The normalized spacial score (nSPS) is 11.1. The zero-order chi connectivity index (χ0) is 19.8. The zero-order valence-electron chi connectivity index (χ0n) is 16.5. The zero-order valence-corrected chi connectivity index (χ0v) is 17.3. The van der Waals surface area contributed by atoms with E-state index in [-0.39, 0.29) is 0 Å². The van der Waals surface area contributed by atoms with Crippen LogP contribution in [0.15, 0.2) is 91.0 Å². The molecule has 2 aromatic heterocycles. The molecular formula is C27H21NS. The Labute approximate surface area is 175 Å². The van der Waals surface area contributed by atoms with Crippen LogP contribution in [0.25, 0.3) is 43.0 Å². The first-order valence-electron chi connectivity index (χ1n) is 9.82. The van der Waals surface area contributed by atoms with Crippen LogP contribution in [0.5, 0.6) is 0 Å². The molecule has 29 heavy (non-hydrogen) atoms. The highest BCUT2D eigenvalue weighted by Gasteiger charge is 2.09. The summed E-state index contributed by atoms with van der Waals surface area (Å²) >= 11 is 1.76. The van der Waals surface area contributed by atoms with E-state index >= 15 is 0 Å². The molecule has 2 heteroatoms. The van der Waals surface area contributed by atoms with Crippen molar-refractivity contribution in [2.24, 2.45) is 0 Å². The Morgan fingerprint density at radius 3 is 2.03 bits per heavy atom. The van der Waals surface area contributed by atoms with Gasteiger partial charge in [-0.15, -0.1) is 11.3 Å². The number of pyridine rings is 1. The summed E-state index contributed by atoms with van der Waals surface area (Å²) in [7, 11) is 0. The average molecular weight is 392 g/mol. The van der Waals surface area contributed by atoms with Crippen LogP contribution in [0, 0.1) is 13.8 Å². The van der Waals surface area contributed by atoms with Crippen LogP contribution in [-0.4, -0.2) is 4.98 Å². The highest BCUT2D eigenvalue weighted by Crippen LogP contribution is 2.35. The summed E-state index contributed by atoms with van der Waals surface area (Å²) in [6.45, 7) is 4.36. The summed E-state index contributed by atoms with van der Waals surface area (Å²) in [6.07, 6.45) is 0. The third-order valence-corrected chi connectivity index (χ3v) is 6.49. The smallest absolute Gasteiger partial charge is 0.124 e. The van der Waals surface area contributed by atoms with Crippen LogP contribution < -0.4 is 0 Å². The number of benzene rings is 3. The molecule has 1 nitrogen and oxygen atoms in total. The van der Waals surface area contributed by atoms with Crippen molar-refractivity contribution in [3.63, 3.8) is 0 Å². The Morgan fingerprint density at radius 1 is 0.621 bits per heavy atom. The number of hydrogen-bond acceptors (Lipinski definition) is 2. The van der Waals surface area contributed by atoms with Gasteiger partial charge >= 0.3 is 0 Å². The maximum atomic E-state index is 4.90. The van der Waals surface area contributed by atoms with Crippen LogP contribution in [-0.2, 0) is 0 Å². The second-order valence-electron chi connectivity index (χ2n) is 7.41. The Morgan fingerprint density at radius 2 is 1.31 bits per heavy atom. The first kappa shape index (κ1) is 17.8. The monoisotopic (exact) mass is 391 g/mol. The van der Waals surface area contributed by atoms with Gasteiger partial charge in [0.05, 0.1) is 5.69 Å². The number of fused-ring (bicyclic) bond motifs is 1. The fraction of sp³-hybridized carbons (Fsp3) is 0.0741. The Bertz CT molecular complexity index is 1280. The first-order valence-corrected chi connectivity index (χ1v) is 10.6. The van der Waals surface area contributed by atoms with Gasteiger partial charge in [0.1, 0.15) is 4.83 Å². The maximum absolute atomic E-state index is 4.90. The minimum absolute atomic E-state index is 1.02. The van der Waals surface area contributed by atoms with Crippen molar-refractivity contribution in [1.82, 2.24) is 4.98 Å². The molecule has 5 aromatic rings. The number of aromatic nitrogens is 1. The van der Waals surface area contributed by atoms with E-state index in [1.807, 2.05) is 6.07 Å². The summed E-state index contributed by atoms with van der Waals surface area (Å²) in [5, 5.41) is 1.20. The molecule has 3 aromatic carbocycles. The van der Waals surface area contributed by atoms with E-state index in [0.29, 0.717) is 0 Å². The highest BCUT2D eigenvalue weighted by molar-refractivity contribution is 7.21. The lowest BCUT2D eigenvalue weighted by Gasteiger charge is -2.10. The summed E-state index contributed by atoms with van der Waals surface area (Å²) < 4.78 is 0. The highest BCUT2D eigenvalue weighted by atomic mass is 32.1. The third kappa shape index (κ3) is 3.37. The van der Waals surface area contributed by atoms with Crippen molar-refractivity contribution in [2.75, 3.05) is 0 Å². The van der Waals surface area contributed by atoms with Gasteiger partial charge in [-0.2, -0.15) is 0 Å². The van der Waals surface area contributed by atoms with Crippen molar-refractivity contribution < 1.29 is 0 Å². The molecule has 0 saturated carbocycles. The largest absolute Gasteiger partial charge is 0.237 e. The lowest BCUT2D eigenvalue weighted by molar-refractivity contribution is 1.38. The molecule has 0 aliphatic carbocycles. The number of nitrogens with zero attached hydrogens (tertiary/aromatic N) is 1. The van der Waals surface area contributed by atoms with Crippen molar-refractivity contribution in [2.45, 2.75) is 13.8 Å². The van der Waals surface area contributed by atoms with E-state index in [2.05, 4.69) is 98.8 Å². The minimum atomic E-state index is 1.02. The van der Waals surface area contributed by atoms with Crippen molar-refractivity contribution in [3.05, 3.63) is 102 Å². The minimum Gasteiger partial charge on any atom is -0.237 e. The lowest BCUT2D eigenvalue weighted by atomic mass is 9.95.